The summed E-state index contributed by atoms with van der Waals surface area (Å²) in [6.45, 7) is 7.85. The lowest BCUT2D eigenvalue weighted by Crippen LogP contribution is -2.76. The molecule has 1 unspecified atom stereocenters. The molecule has 1 aliphatic carbocycles. The fraction of sp³-hybridized carbons (Fsp3) is 0.875. The van der Waals surface area contributed by atoms with Crippen LogP contribution in [0.15, 0.2) is 0 Å². The van der Waals surface area contributed by atoms with E-state index in [0.717, 1.165) is 38.5 Å². The van der Waals surface area contributed by atoms with Crippen LogP contribution in [0.4, 0.5) is 0 Å². The van der Waals surface area contributed by atoms with E-state index >= 15 is 0 Å². The molecule has 0 bridgehead atoms. The van der Waals surface area contributed by atoms with Gasteiger partial charge in [-0.15, -0.1) is 0 Å². The third-order valence-corrected chi connectivity index (χ3v) is 4.89. The first kappa shape index (κ1) is 15.3. The first-order valence-corrected chi connectivity index (χ1v) is 8.01. The van der Waals surface area contributed by atoms with Crippen molar-refractivity contribution in [1.29, 1.82) is 0 Å². The molecule has 1 saturated carbocycles. The second-order valence-electron chi connectivity index (χ2n) is 6.98. The van der Waals surface area contributed by atoms with Gasteiger partial charge in [-0.25, -0.2) is 0 Å². The van der Waals surface area contributed by atoms with E-state index in [1.54, 1.807) is 0 Å². The quantitative estimate of drug-likeness (QED) is 0.864. The molecular weight excluding hydrogens is 252 g/mol. The smallest absolute Gasteiger partial charge is 0.248 e. The topological polar surface area (TPSA) is 49.4 Å². The fourth-order valence-electron chi connectivity index (χ4n) is 3.83. The Morgan fingerprint density at radius 3 is 2.35 bits per heavy atom. The number of hydrogen-bond acceptors (Lipinski definition) is 2. The van der Waals surface area contributed by atoms with Crippen molar-refractivity contribution in [2.45, 2.75) is 89.8 Å². The summed E-state index contributed by atoms with van der Waals surface area (Å²) in [4.78, 5) is 27.6. The molecule has 114 valence electrons. The maximum Gasteiger partial charge on any atom is 0.248 e. The molecule has 1 saturated heterocycles. The van der Waals surface area contributed by atoms with E-state index in [1.807, 2.05) is 18.7 Å². The SMILES string of the molecule is CCCC(C)N1C(=O)C(C)(C)NC(=O)C12CCCCC2. The van der Waals surface area contributed by atoms with Gasteiger partial charge in [-0.2, -0.15) is 0 Å². The summed E-state index contributed by atoms with van der Waals surface area (Å²) >= 11 is 0. The molecule has 0 aromatic heterocycles. The summed E-state index contributed by atoms with van der Waals surface area (Å²) in [6.07, 6.45) is 6.86. The number of nitrogens with zero attached hydrogens (tertiary/aromatic N) is 1. The average molecular weight is 280 g/mol. The molecular formula is C16H28N2O2. The van der Waals surface area contributed by atoms with Gasteiger partial charge in [0.2, 0.25) is 11.8 Å². The van der Waals surface area contributed by atoms with E-state index in [-0.39, 0.29) is 17.9 Å². The largest absolute Gasteiger partial charge is 0.340 e. The summed E-state index contributed by atoms with van der Waals surface area (Å²) in [7, 11) is 0. The van der Waals surface area contributed by atoms with Crippen molar-refractivity contribution < 1.29 is 9.59 Å². The number of carbonyl (C=O) groups is 2. The molecule has 2 amide bonds. The van der Waals surface area contributed by atoms with Crippen molar-refractivity contribution in [3.05, 3.63) is 0 Å². The van der Waals surface area contributed by atoms with Crippen LogP contribution < -0.4 is 5.32 Å². The number of hydrogen-bond donors (Lipinski definition) is 1. The zero-order valence-corrected chi connectivity index (χ0v) is 13.3. The number of carbonyl (C=O) groups excluding carboxylic acids is 2. The molecule has 0 aromatic rings. The molecule has 4 heteroatoms. The van der Waals surface area contributed by atoms with Gasteiger partial charge in [-0.3, -0.25) is 9.59 Å². The highest BCUT2D eigenvalue weighted by molar-refractivity contribution is 6.02. The molecule has 1 spiro atoms. The Labute approximate surface area is 122 Å². The van der Waals surface area contributed by atoms with Gasteiger partial charge in [0.15, 0.2) is 0 Å². The van der Waals surface area contributed by atoms with Crippen molar-refractivity contribution in [2.75, 3.05) is 0 Å². The molecule has 2 aliphatic rings. The minimum atomic E-state index is -0.776. The monoisotopic (exact) mass is 280 g/mol. The first-order chi connectivity index (χ1) is 9.35. The Bertz CT molecular complexity index is 397. The molecule has 0 aromatic carbocycles. The van der Waals surface area contributed by atoms with E-state index < -0.39 is 11.1 Å². The molecule has 20 heavy (non-hydrogen) atoms. The van der Waals surface area contributed by atoms with Crippen LogP contribution in [0.3, 0.4) is 0 Å². The van der Waals surface area contributed by atoms with Crippen molar-refractivity contribution >= 4 is 11.8 Å². The first-order valence-electron chi connectivity index (χ1n) is 8.01. The maximum absolute atomic E-state index is 12.9. The average Bonchev–Trinajstić information content (AvgIpc) is 2.38. The third-order valence-electron chi connectivity index (χ3n) is 4.89. The van der Waals surface area contributed by atoms with Crippen LogP contribution in [0.2, 0.25) is 0 Å². The molecule has 2 fully saturated rings. The van der Waals surface area contributed by atoms with E-state index in [1.165, 1.54) is 6.42 Å². The van der Waals surface area contributed by atoms with E-state index in [9.17, 15) is 9.59 Å². The summed E-state index contributed by atoms with van der Waals surface area (Å²) in [5, 5.41) is 2.96. The second-order valence-corrected chi connectivity index (χ2v) is 6.98. The number of nitrogens with one attached hydrogen (secondary N) is 1. The summed E-state index contributed by atoms with van der Waals surface area (Å²) in [6, 6.07) is 0.135. The lowest BCUT2D eigenvalue weighted by atomic mass is 9.75. The molecule has 1 heterocycles. The summed E-state index contributed by atoms with van der Waals surface area (Å²) in [5.74, 6) is 0.143. The highest BCUT2D eigenvalue weighted by Gasteiger charge is 2.56. The van der Waals surface area contributed by atoms with Crippen LogP contribution in [-0.2, 0) is 9.59 Å². The molecule has 1 atom stereocenters. The summed E-state index contributed by atoms with van der Waals surface area (Å²) < 4.78 is 0. The molecule has 4 nitrogen and oxygen atoms in total. The van der Waals surface area contributed by atoms with Gasteiger partial charge in [0.25, 0.3) is 0 Å². The predicted octanol–water partition coefficient (Wildman–Crippen LogP) is 2.61. The van der Waals surface area contributed by atoms with Crippen molar-refractivity contribution in [1.82, 2.24) is 10.2 Å². The number of piperazine rings is 1. The highest BCUT2D eigenvalue weighted by Crippen LogP contribution is 2.40. The van der Waals surface area contributed by atoms with Gasteiger partial charge in [-0.1, -0.05) is 32.6 Å². The molecule has 0 radical (unpaired) electrons. The predicted molar refractivity (Wildman–Crippen MR) is 79.3 cm³/mol. The van der Waals surface area contributed by atoms with Gasteiger partial charge in [-0.05, 0) is 40.0 Å². The van der Waals surface area contributed by atoms with E-state index in [2.05, 4.69) is 19.2 Å². The second kappa shape index (κ2) is 5.38. The fourth-order valence-corrected chi connectivity index (χ4v) is 3.83. The Morgan fingerprint density at radius 2 is 1.80 bits per heavy atom. The normalized spacial score (nSPS) is 26.5. The van der Waals surface area contributed by atoms with Crippen LogP contribution in [-0.4, -0.2) is 33.8 Å². The zero-order valence-electron chi connectivity index (χ0n) is 13.3. The molecule has 1 aliphatic heterocycles. The van der Waals surface area contributed by atoms with Gasteiger partial charge < -0.3 is 10.2 Å². The number of rotatable bonds is 3. The van der Waals surface area contributed by atoms with Crippen LogP contribution in [0.5, 0.6) is 0 Å². The Kier molecular flexibility index (Phi) is 4.12. The Balaban J connectivity index is 2.40. The van der Waals surface area contributed by atoms with Gasteiger partial charge in [0.05, 0.1) is 0 Å². The minimum Gasteiger partial charge on any atom is -0.340 e. The van der Waals surface area contributed by atoms with Crippen LogP contribution in [0.1, 0.15) is 72.6 Å². The Hall–Kier alpha value is -1.06. The van der Waals surface area contributed by atoms with Gasteiger partial charge in [0.1, 0.15) is 11.1 Å². The van der Waals surface area contributed by atoms with E-state index in [4.69, 9.17) is 0 Å². The zero-order chi connectivity index (χ0) is 15.0. The maximum atomic E-state index is 12.9. The Morgan fingerprint density at radius 1 is 1.20 bits per heavy atom. The van der Waals surface area contributed by atoms with Gasteiger partial charge >= 0.3 is 0 Å². The van der Waals surface area contributed by atoms with Crippen molar-refractivity contribution in [3.8, 4) is 0 Å². The van der Waals surface area contributed by atoms with Crippen molar-refractivity contribution in [2.24, 2.45) is 0 Å². The standard InChI is InChI=1S/C16H28N2O2/c1-5-9-12(2)18-14(20)15(3,4)17-13(19)16(18)10-7-6-8-11-16/h12H,5-11H2,1-4H3,(H,17,19). The molecule has 1 N–H and O–H groups in total. The third kappa shape index (κ3) is 2.33. The van der Waals surface area contributed by atoms with E-state index in [0.29, 0.717) is 0 Å². The van der Waals surface area contributed by atoms with Crippen LogP contribution >= 0.6 is 0 Å². The van der Waals surface area contributed by atoms with Gasteiger partial charge in [0, 0.05) is 6.04 Å². The molecule has 2 rings (SSSR count). The van der Waals surface area contributed by atoms with Crippen LogP contribution in [0, 0.1) is 0 Å². The van der Waals surface area contributed by atoms with Crippen molar-refractivity contribution in [3.63, 3.8) is 0 Å². The minimum absolute atomic E-state index is 0.0600. The van der Waals surface area contributed by atoms with Crippen LogP contribution in [0.25, 0.3) is 0 Å². The highest BCUT2D eigenvalue weighted by atomic mass is 16.2. The number of amides is 2. The summed E-state index contributed by atoms with van der Waals surface area (Å²) in [5.41, 5.74) is -1.36. The lowest BCUT2D eigenvalue weighted by Gasteiger charge is -2.54. The lowest BCUT2D eigenvalue weighted by molar-refractivity contribution is -0.168.